The molecule has 0 amide bonds. The Labute approximate surface area is 119 Å². The van der Waals surface area contributed by atoms with Gasteiger partial charge >= 0.3 is 6.36 Å². The van der Waals surface area contributed by atoms with Crippen LogP contribution < -0.4 is 4.74 Å². The van der Waals surface area contributed by atoms with E-state index in [0.717, 1.165) is 5.56 Å². The molecular formula is C14H21F3O2Si. The van der Waals surface area contributed by atoms with Crippen LogP contribution in [0.15, 0.2) is 24.3 Å². The van der Waals surface area contributed by atoms with Crippen molar-refractivity contribution >= 4 is 8.32 Å². The monoisotopic (exact) mass is 306 g/mol. The van der Waals surface area contributed by atoms with Crippen LogP contribution in [0.3, 0.4) is 0 Å². The summed E-state index contributed by atoms with van der Waals surface area (Å²) in [7, 11) is -1.85. The number of ether oxygens (including phenoxy) is 1. The fraction of sp³-hybridized carbons (Fsp3) is 0.571. The van der Waals surface area contributed by atoms with Crippen molar-refractivity contribution < 1.29 is 22.3 Å². The summed E-state index contributed by atoms with van der Waals surface area (Å²) in [6.07, 6.45) is -4.65. The second kappa shape index (κ2) is 5.77. The summed E-state index contributed by atoms with van der Waals surface area (Å²) in [5.41, 5.74) is 0.837. The number of benzene rings is 1. The molecule has 0 aromatic heterocycles. The normalized spacial score (nSPS) is 13.4. The van der Waals surface area contributed by atoms with Gasteiger partial charge in [-0.3, -0.25) is 0 Å². The average Bonchev–Trinajstić information content (AvgIpc) is 2.24. The molecule has 1 aromatic carbocycles. The van der Waals surface area contributed by atoms with E-state index in [1.54, 1.807) is 12.1 Å². The van der Waals surface area contributed by atoms with E-state index in [1.165, 1.54) is 12.1 Å². The Hall–Kier alpha value is -1.01. The lowest BCUT2D eigenvalue weighted by Gasteiger charge is -2.36. The van der Waals surface area contributed by atoms with Gasteiger partial charge in [-0.25, -0.2) is 0 Å². The third-order valence-electron chi connectivity index (χ3n) is 3.56. The van der Waals surface area contributed by atoms with E-state index >= 15 is 0 Å². The van der Waals surface area contributed by atoms with Crippen LogP contribution in [-0.4, -0.2) is 14.7 Å². The van der Waals surface area contributed by atoms with Gasteiger partial charge in [-0.15, -0.1) is 13.2 Å². The van der Waals surface area contributed by atoms with E-state index in [1.807, 2.05) is 0 Å². The maximum Gasteiger partial charge on any atom is 0.573 e. The number of rotatable bonds is 4. The van der Waals surface area contributed by atoms with Gasteiger partial charge in [0, 0.05) is 0 Å². The molecular weight excluding hydrogens is 285 g/mol. The lowest BCUT2D eigenvalue weighted by Crippen LogP contribution is -2.40. The first-order chi connectivity index (χ1) is 8.91. The van der Waals surface area contributed by atoms with Crippen LogP contribution in [0.2, 0.25) is 18.1 Å². The molecule has 0 heterocycles. The zero-order valence-electron chi connectivity index (χ0n) is 12.5. The molecule has 20 heavy (non-hydrogen) atoms. The highest BCUT2D eigenvalue weighted by Gasteiger charge is 2.37. The molecule has 114 valence electrons. The Bertz CT molecular complexity index is 433. The zero-order chi connectivity index (χ0) is 15.6. The predicted molar refractivity (Wildman–Crippen MR) is 75.1 cm³/mol. The number of halogens is 3. The summed E-state index contributed by atoms with van der Waals surface area (Å²) in [6, 6.07) is 5.79. The molecule has 0 bridgehead atoms. The maximum atomic E-state index is 12.0. The molecule has 0 radical (unpaired) electrons. The summed E-state index contributed by atoms with van der Waals surface area (Å²) in [5, 5.41) is 0.104. The van der Waals surface area contributed by atoms with Gasteiger partial charge in [-0.05, 0) is 35.8 Å². The molecule has 0 saturated heterocycles. The quantitative estimate of drug-likeness (QED) is 0.720. The molecule has 0 aliphatic heterocycles. The summed E-state index contributed by atoms with van der Waals surface area (Å²) >= 11 is 0. The molecule has 0 N–H and O–H groups in total. The van der Waals surface area contributed by atoms with Crippen LogP contribution in [0.25, 0.3) is 0 Å². The van der Waals surface area contributed by atoms with Crippen molar-refractivity contribution in [3.63, 3.8) is 0 Å². The predicted octanol–water partition coefficient (Wildman–Crippen LogP) is 5.11. The Balaban J connectivity index is 2.63. The van der Waals surface area contributed by atoms with Gasteiger partial charge in [-0.1, -0.05) is 32.9 Å². The lowest BCUT2D eigenvalue weighted by molar-refractivity contribution is -0.274. The van der Waals surface area contributed by atoms with E-state index in [2.05, 4.69) is 38.6 Å². The van der Waals surface area contributed by atoms with Gasteiger partial charge in [0.1, 0.15) is 5.75 Å². The van der Waals surface area contributed by atoms with Gasteiger partial charge in [0.2, 0.25) is 0 Å². The summed E-state index contributed by atoms with van der Waals surface area (Å²) in [6.45, 7) is 11.1. The van der Waals surface area contributed by atoms with Crippen molar-refractivity contribution in [3.05, 3.63) is 29.8 Å². The van der Waals surface area contributed by atoms with Gasteiger partial charge < -0.3 is 9.16 Å². The summed E-state index contributed by atoms with van der Waals surface area (Å²) in [4.78, 5) is 0. The van der Waals surface area contributed by atoms with Crippen LogP contribution >= 0.6 is 0 Å². The molecule has 0 saturated carbocycles. The number of alkyl halides is 3. The van der Waals surface area contributed by atoms with Crippen LogP contribution in [0, 0.1) is 0 Å². The minimum absolute atomic E-state index is 0.104. The van der Waals surface area contributed by atoms with Gasteiger partial charge in [0.25, 0.3) is 0 Å². The molecule has 0 aliphatic carbocycles. The molecule has 2 nitrogen and oxygen atoms in total. The van der Waals surface area contributed by atoms with E-state index in [0.29, 0.717) is 6.61 Å². The van der Waals surface area contributed by atoms with Crippen molar-refractivity contribution in [3.8, 4) is 5.75 Å². The molecule has 0 unspecified atom stereocenters. The molecule has 0 fully saturated rings. The first-order valence-electron chi connectivity index (χ1n) is 6.39. The summed E-state index contributed by atoms with van der Waals surface area (Å²) < 4.78 is 45.9. The lowest BCUT2D eigenvalue weighted by atomic mass is 10.2. The maximum absolute atomic E-state index is 12.0. The Morgan fingerprint density at radius 2 is 1.50 bits per heavy atom. The van der Waals surface area contributed by atoms with Gasteiger partial charge in [0.15, 0.2) is 8.32 Å². The second-order valence-electron chi connectivity index (χ2n) is 6.24. The Morgan fingerprint density at radius 3 is 1.90 bits per heavy atom. The SMILES string of the molecule is CC(C)(C)[Si](C)(C)OCc1ccc(OC(F)(F)F)cc1. The van der Waals surface area contributed by atoms with Crippen molar-refractivity contribution in [2.24, 2.45) is 0 Å². The third kappa shape index (κ3) is 5.17. The standard InChI is InChI=1S/C14H21F3O2Si/c1-13(2,3)20(4,5)18-10-11-6-8-12(9-7-11)19-14(15,16)17/h6-9H,10H2,1-5H3. The van der Waals surface area contributed by atoms with E-state index < -0.39 is 14.7 Å². The van der Waals surface area contributed by atoms with Crippen molar-refractivity contribution in [2.75, 3.05) is 0 Å². The minimum atomic E-state index is -4.65. The van der Waals surface area contributed by atoms with Gasteiger partial charge in [-0.2, -0.15) is 0 Å². The first-order valence-corrected chi connectivity index (χ1v) is 9.30. The largest absolute Gasteiger partial charge is 0.573 e. The summed E-state index contributed by atoms with van der Waals surface area (Å²) in [5.74, 6) is -0.214. The fourth-order valence-corrected chi connectivity index (χ4v) is 2.23. The molecule has 1 aromatic rings. The third-order valence-corrected chi connectivity index (χ3v) is 8.04. The number of hydrogen-bond donors (Lipinski definition) is 0. The molecule has 6 heteroatoms. The van der Waals surface area contributed by atoms with Gasteiger partial charge in [0.05, 0.1) is 6.61 Å². The van der Waals surface area contributed by atoms with Crippen LogP contribution in [0.4, 0.5) is 13.2 Å². The van der Waals surface area contributed by atoms with Crippen LogP contribution in [-0.2, 0) is 11.0 Å². The Kier molecular flexibility index (Phi) is 4.92. The van der Waals surface area contributed by atoms with Crippen molar-refractivity contribution in [1.29, 1.82) is 0 Å². The van der Waals surface area contributed by atoms with E-state index in [-0.39, 0.29) is 10.8 Å². The molecule has 0 aliphatic rings. The van der Waals surface area contributed by atoms with Crippen molar-refractivity contribution in [1.82, 2.24) is 0 Å². The highest BCUT2D eigenvalue weighted by Crippen LogP contribution is 2.37. The topological polar surface area (TPSA) is 18.5 Å². The first kappa shape index (κ1) is 17.0. The van der Waals surface area contributed by atoms with Crippen molar-refractivity contribution in [2.45, 2.75) is 51.9 Å². The van der Waals surface area contributed by atoms with E-state index in [4.69, 9.17) is 4.43 Å². The Morgan fingerprint density at radius 1 is 1.00 bits per heavy atom. The van der Waals surface area contributed by atoms with Crippen LogP contribution in [0.1, 0.15) is 26.3 Å². The smallest absolute Gasteiger partial charge is 0.413 e. The highest BCUT2D eigenvalue weighted by molar-refractivity contribution is 6.74. The number of hydrogen-bond acceptors (Lipinski definition) is 2. The second-order valence-corrected chi connectivity index (χ2v) is 11.1. The zero-order valence-corrected chi connectivity index (χ0v) is 13.5. The average molecular weight is 306 g/mol. The van der Waals surface area contributed by atoms with Crippen LogP contribution in [0.5, 0.6) is 5.75 Å². The highest BCUT2D eigenvalue weighted by atomic mass is 28.4. The minimum Gasteiger partial charge on any atom is -0.413 e. The van der Waals surface area contributed by atoms with E-state index in [9.17, 15) is 13.2 Å². The molecule has 0 atom stereocenters. The molecule has 1 rings (SSSR count). The molecule has 0 spiro atoms. The fourth-order valence-electron chi connectivity index (χ4n) is 1.27.